The van der Waals surface area contributed by atoms with Gasteiger partial charge in [0.2, 0.25) is 5.78 Å². The second-order valence-electron chi connectivity index (χ2n) is 9.93. The van der Waals surface area contributed by atoms with E-state index in [2.05, 4.69) is 9.72 Å². The molecule has 0 atom stereocenters. The first-order valence-electron chi connectivity index (χ1n) is 13.7. The summed E-state index contributed by atoms with van der Waals surface area (Å²) in [6, 6.07) is 28.0. The van der Waals surface area contributed by atoms with Crippen LogP contribution in [0.15, 0.2) is 108 Å². The molecule has 4 aromatic carbocycles. The summed E-state index contributed by atoms with van der Waals surface area (Å²) < 4.78 is 17.4. The van der Waals surface area contributed by atoms with E-state index in [1.807, 2.05) is 61.5 Å². The van der Waals surface area contributed by atoms with Crippen LogP contribution in [-0.4, -0.2) is 27.8 Å². The molecule has 0 saturated carbocycles. The summed E-state index contributed by atoms with van der Waals surface area (Å²) >= 11 is 1.28. The van der Waals surface area contributed by atoms with E-state index in [1.54, 1.807) is 29.6 Å². The molecule has 0 N–H and O–H groups in total. The van der Waals surface area contributed by atoms with Crippen LogP contribution in [0.4, 0.5) is 4.39 Å². The Kier molecular flexibility index (Phi) is 7.52. The number of carbonyl (C=O) groups is 3. The molecular weight excluding hydrogens is 563 g/mol. The third-order valence-electron chi connectivity index (χ3n) is 7.25. The summed E-state index contributed by atoms with van der Waals surface area (Å²) in [7, 11) is 0. The predicted octanol–water partition coefficient (Wildman–Crippen LogP) is 7.79. The zero-order valence-corrected chi connectivity index (χ0v) is 24.2. The monoisotopic (exact) mass is 588 g/mol. The molecule has 0 aliphatic heterocycles. The maximum Gasteiger partial charge on any atom is 0.332 e. The molecule has 0 bridgehead atoms. The zero-order valence-electron chi connectivity index (χ0n) is 23.3. The van der Waals surface area contributed by atoms with Crippen molar-refractivity contribution in [3.63, 3.8) is 0 Å². The number of nitrogens with zero attached hydrogens (tertiary/aromatic N) is 2. The van der Waals surface area contributed by atoms with E-state index in [-0.39, 0.29) is 16.9 Å². The number of hydrogen-bond donors (Lipinski definition) is 0. The number of halogens is 1. The van der Waals surface area contributed by atoms with Crippen LogP contribution in [0.1, 0.15) is 56.1 Å². The summed E-state index contributed by atoms with van der Waals surface area (Å²) in [6.07, 6.45) is 0. The number of carbonyl (C=O) groups excluding carboxylic acids is 3. The van der Waals surface area contributed by atoms with E-state index < -0.39 is 17.6 Å². The van der Waals surface area contributed by atoms with Gasteiger partial charge in [0.15, 0.2) is 5.78 Å². The minimum absolute atomic E-state index is 0.109. The number of hydrogen-bond acceptors (Lipinski definition) is 6. The maximum absolute atomic E-state index is 15.2. The van der Waals surface area contributed by atoms with Crippen LogP contribution in [0.5, 0.6) is 0 Å². The van der Waals surface area contributed by atoms with Crippen molar-refractivity contribution in [2.45, 2.75) is 20.4 Å². The summed E-state index contributed by atoms with van der Waals surface area (Å²) in [5.41, 5.74) is 4.26. The van der Waals surface area contributed by atoms with E-state index in [4.69, 9.17) is 4.84 Å². The first-order chi connectivity index (χ1) is 20.9. The Balaban J connectivity index is 1.44. The standard InChI is InChI=1S/C35H25FN2O4S/c1-3-38-30-15-12-23(33(37-42-21(2)39)22-8-5-4-6-9-22)18-27(30)28-19-24(13-16-31(28)38)34(40)26-14-11-25(20-29(26)36)35(41)32-10-7-17-43-32/h4-20H,3H2,1-2H3/b37-33+. The third kappa shape index (κ3) is 5.29. The molecule has 2 aromatic heterocycles. The highest BCUT2D eigenvalue weighted by atomic mass is 32.1. The Morgan fingerprint density at radius 3 is 2.05 bits per heavy atom. The zero-order chi connectivity index (χ0) is 30.1. The molecule has 0 aliphatic carbocycles. The smallest absolute Gasteiger partial charge is 0.332 e. The van der Waals surface area contributed by atoms with Gasteiger partial charge in [0.1, 0.15) is 11.5 Å². The van der Waals surface area contributed by atoms with Gasteiger partial charge in [-0.05, 0) is 60.8 Å². The largest absolute Gasteiger partial charge is 0.341 e. The van der Waals surface area contributed by atoms with Crippen molar-refractivity contribution in [3.8, 4) is 0 Å². The van der Waals surface area contributed by atoms with Gasteiger partial charge in [-0.3, -0.25) is 9.59 Å². The molecule has 0 saturated heterocycles. The number of thiophene rings is 1. The molecule has 6 aromatic rings. The van der Waals surface area contributed by atoms with E-state index in [9.17, 15) is 14.4 Å². The Bertz CT molecular complexity index is 2060. The molecule has 0 spiro atoms. The minimum Gasteiger partial charge on any atom is -0.341 e. The number of rotatable bonds is 8. The molecular formula is C35H25FN2O4S. The maximum atomic E-state index is 15.2. The lowest BCUT2D eigenvalue weighted by Crippen LogP contribution is -2.07. The molecule has 0 fully saturated rings. The summed E-state index contributed by atoms with van der Waals surface area (Å²) in [6.45, 7) is 4.02. The van der Waals surface area contributed by atoms with Crippen molar-refractivity contribution in [2.24, 2.45) is 5.16 Å². The molecule has 212 valence electrons. The minimum atomic E-state index is -0.750. The molecule has 0 radical (unpaired) electrons. The molecule has 0 aliphatic rings. The van der Waals surface area contributed by atoms with E-state index in [0.29, 0.717) is 22.7 Å². The lowest BCUT2D eigenvalue weighted by atomic mass is 9.97. The second kappa shape index (κ2) is 11.6. The Morgan fingerprint density at radius 1 is 0.767 bits per heavy atom. The van der Waals surface area contributed by atoms with Crippen LogP contribution < -0.4 is 0 Å². The number of aromatic nitrogens is 1. The van der Waals surface area contributed by atoms with Crippen LogP contribution in [0, 0.1) is 5.82 Å². The van der Waals surface area contributed by atoms with Gasteiger partial charge in [0.05, 0.1) is 10.4 Å². The topological polar surface area (TPSA) is 77.7 Å². The first kappa shape index (κ1) is 27.9. The van der Waals surface area contributed by atoms with Crippen molar-refractivity contribution >= 4 is 56.4 Å². The van der Waals surface area contributed by atoms with E-state index in [0.717, 1.165) is 39.0 Å². The van der Waals surface area contributed by atoms with Crippen molar-refractivity contribution in [3.05, 3.63) is 141 Å². The summed E-state index contributed by atoms with van der Waals surface area (Å²) in [5.74, 6) is -2.05. The van der Waals surface area contributed by atoms with E-state index >= 15 is 4.39 Å². The Labute approximate surface area is 250 Å². The number of ketones is 2. The van der Waals surface area contributed by atoms with Gasteiger partial charge in [-0.25, -0.2) is 9.18 Å². The normalized spacial score (nSPS) is 11.7. The molecule has 8 heteroatoms. The van der Waals surface area contributed by atoms with Gasteiger partial charge in [-0.15, -0.1) is 11.3 Å². The van der Waals surface area contributed by atoms with Crippen molar-refractivity contribution in [1.82, 2.24) is 4.57 Å². The van der Waals surface area contributed by atoms with Crippen molar-refractivity contribution < 1.29 is 23.6 Å². The van der Waals surface area contributed by atoms with Gasteiger partial charge in [-0.2, -0.15) is 0 Å². The quantitative estimate of drug-likeness (QED) is 0.0787. The summed E-state index contributed by atoms with van der Waals surface area (Å²) in [4.78, 5) is 43.3. The third-order valence-corrected chi connectivity index (χ3v) is 8.12. The van der Waals surface area contributed by atoms with Crippen molar-refractivity contribution in [2.75, 3.05) is 0 Å². The van der Waals surface area contributed by atoms with Crippen LogP contribution in [0.25, 0.3) is 21.8 Å². The predicted molar refractivity (Wildman–Crippen MR) is 167 cm³/mol. The molecule has 0 unspecified atom stereocenters. The average molecular weight is 589 g/mol. The molecule has 0 amide bonds. The van der Waals surface area contributed by atoms with Gasteiger partial charge in [-0.1, -0.05) is 53.7 Å². The highest BCUT2D eigenvalue weighted by molar-refractivity contribution is 7.12. The van der Waals surface area contributed by atoms with Gasteiger partial charge in [0.25, 0.3) is 0 Å². The number of benzene rings is 4. The van der Waals surface area contributed by atoms with Crippen LogP contribution in [-0.2, 0) is 16.2 Å². The van der Waals surface area contributed by atoms with Crippen molar-refractivity contribution in [1.29, 1.82) is 0 Å². The van der Waals surface area contributed by atoms with E-state index in [1.165, 1.54) is 30.4 Å². The number of fused-ring (bicyclic) bond motifs is 3. The first-order valence-corrected chi connectivity index (χ1v) is 14.5. The number of aryl methyl sites for hydroxylation is 1. The lowest BCUT2D eigenvalue weighted by Gasteiger charge is -2.08. The lowest BCUT2D eigenvalue weighted by molar-refractivity contribution is -0.140. The van der Waals surface area contributed by atoms with Gasteiger partial charge in [0, 0.05) is 57.5 Å². The van der Waals surface area contributed by atoms with Gasteiger partial charge >= 0.3 is 5.97 Å². The fourth-order valence-corrected chi connectivity index (χ4v) is 5.94. The highest BCUT2D eigenvalue weighted by Gasteiger charge is 2.20. The molecule has 6 rings (SSSR count). The highest BCUT2D eigenvalue weighted by Crippen LogP contribution is 2.32. The number of oxime groups is 1. The molecule has 6 nitrogen and oxygen atoms in total. The van der Waals surface area contributed by atoms with Crippen LogP contribution >= 0.6 is 11.3 Å². The van der Waals surface area contributed by atoms with Crippen LogP contribution in [0.2, 0.25) is 0 Å². The SMILES string of the molecule is CCn1c2ccc(C(=O)c3ccc(C(=O)c4cccs4)cc3F)cc2c2cc(/C(=N/OC(C)=O)c3ccccc3)ccc21. The fraction of sp³-hybridized carbons (Fsp3) is 0.0857. The average Bonchev–Trinajstić information content (AvgIpc) is 3.67. The van der Waals surface area contributed by atoms with Crippen LogP contribution in [0.3, 0.4) is 0 Å². The molecule has 43 heavy (non-hydrogen) atoms. The second-order valence-corrected chi connectivity index (χ2v) is 10.9. The molecule has 2 heterocycles. The van der Waals surface area contributed by atoms with Gasteiger partial charge < -0.3 is 9.40 Å². The summed E-state index contributed by atoms with van der Waals surface area (Å²) in [5, 5.41) is 7.62. The Hall–Kier alpha value is -5.21. The fourth-order valence-electron chi connectivity index (χ4n) is 5.26. The Morgan fingerprint density at radius 2 is 1.42 bits per heavy atom.